The van der Waals surface area contributed by atoms with Gasteiger partial charge in [0.25, 0.3) is 0 Å². The number of ether oxygens (including phenoxy) is 1. The van der Waals surface area contributed by atoms with Crippen LogP contribution in [0.3, 0.4) is 0 Å². The van der Waals surface area contributed by atoms with Gasteiger partial charge >= 0.3 is 6.09 Å². The molecule has 1 heterocycles. The first-order chi connectivity index (χ1) is 8.22. The van der Waals surface area contributed by atoms with Gasteiger partial charge in [0.15, 0.2) is 4.47 Å². The standard InChI is InChI=1S/C11H15ClN2O2S/c1-16-11(15)14(8-5-3-2-4-6-8)9-7-13-10(12)17-9/h7-8H,2-6H2,1H3. The van der Waals surface area contributed by atoms with Gasteiger partial charge in [-0.05, 0) is 12.8 Å². The topological polar surface area (TPSA) is 42.4 Å². The maximum Gasteiger partial charge on any atom is 0.414 e. The largest absolute Gasteiger partial charge is 0.452 e. The van der Waals surface area contributed by atoms with Crippen LogP contribution in [0, 0.1) is 0 Å². The lowest BCUT2D eigenvalue weighted by atomic mass is 9.94. The number of carbonyl (C=O) groups excluding carboxylic acids is 1. The molecular weight excluding hydrogens is 260 g/mol. The molecule has 1 aliphatic rings. The minimum absolute atomic E-state index is 0.215. The van der Waals surface area contributed by atoms with E-state index in [-0.39, 0.29) is 12.1 Å². The molecule has 2 rings (SSSR count). The summed E-state index contributed by atoms with van der Waals surface area (Å²) in [5.41, 5.74) is 0. The number of aromatic nitrogens is 1. The van der Waals surface area contributed by atoms with Crippen LogP contribution in [0.4, 0.5) is 9.80 Å². The van der Waals surface area contributed by atoms with Crippen LogP contribution in [-0.2, 0) is 4.74 Å². The minimum Gasteiger partial charge on any atom is -0.452 e. The Morgan fingerprint density at radius 1 is 1.53 bits per heavy atom. The molecule has 0 bridgehead atoms. The van der Waals surface area contributed by atoms with E-state index in [4.69, 9.17) is 16.3 Å². The first-order valence-corrected chi connectivity index (χ1v) is 6.90. The smallest absolute Gasteiger partial charge is 0.414 e. The quantitative estimate of drug-likeness (QED) is 0.826. The number of carbonyl (C=O) groups is 1. The summed E-state index contributed by atoms with van der Waals surface area (Å²) in [7, 11) is 1.40. The van der Waals surface area contributed by atoms with E-state index in [2.05, 4.69) is 4.98 Å². The van der Waals surface area contributed by atoms with E-state index in [0.29, 0.717) is 4.47 Å². The van der Waals surface area contributed by atoms with Crippen molar-refractivity contribution in [1.82, 2.24) is 4.98 Å². The van der Waals surface area contributed by atoms with Crippen molar-refractivity contribution in [3.8, 4) is 0 Å². The van der Waals surface area contributed by atoms with E-state index in [1.165, 1.54) is 24.9 Å². The van der Waals surface area contributed by atoms with Crippen LogP contribution in [0.15, 0.2) is 6.20 Å². The van der Waals surface area contributed by atoms with Crippen LogP contribution in [0.2, 0.25) is 4.47 Å². The van der Waals surface area contributed by atoms with E-state index in [0.717, 1.165) is 30.7 Å². The molecule has 94 valence electrons. The maximum atomic E-state index is 11.9. The Balaban J connectivity index is 2.21. The second-order valence-electron chi connectivity index (χ2n) is 4.08. The van der Waals surface area contributed by atoms with Crippen molar-refractivity contribution in [1.29, 1.82) is 0 Å². The van der Waals surface area contributed by atoms with Crippen molar-refractivity contribution < 1.29 is 9.53 Å². The molecule has 4 nitrogen and oxygen atoms in total. The van der Waals surface area contributed by atoms with Gasteiger partial charge in [0.1, 0.15) is 5.00 Å². The number of amides is 1. The van der Waals surface area contributed by atoms with Gasteiger partial charge in [-0.15, -0.1) is 0 Å². The van der Waals surface area contributed by atoms with Crippen LogP contribution in [0.1, 0.15) is 32.1 Å². The maximum absolute atomic E-state index is 11.9. The van der Waals surface area contributed by atoms with Crippen LogP contribution in [-0.4, -0.2) is 24.2 Å². The molecule has 1 amide bonds. The fourth-order valence-electron chi connectivity index (χ4n) is 2.21. The predicted octanol–water partition coefficient (Wildman–Crippen LogP) is 3.70. The molecule has 0 aromatic carbocycles. The number of methoxy groups -OCH3 is 1. The molecule has 17 heavy (non-hydrogen) atoms. The van der Waals surface area contributed by atoms with E-state index in [1.807, 2.05) is 0 Å². The number of halogens is 1. The molecular formula is C11H15ClN2O2S. The average molecular weight is 275 g/mol. The van der Waals surface area contributed by atoms with Gasteiger partial charge in [0.2, 0.25) is 0 Å². The van der Waals surface area contributed by atoms with Crippen LogP contribution >= 0.6 is 22.9 Å². The SMILES string of the molecule is COC(=O)N(c1cnc(Cl)s1)C1CCCCC1. The van der Waals surface area contributed by atoms with Crippen LogP contribution in [0.25, 0.3) is 0 Å². The molecule has 0 spiro atoms. The highest BCUT2D eigenvalue weighted by Gasteiger charge is 2.28. The summed E-state index contributed by atoms with van der Waals surface area (Å²) in [6.07, 6.45) is 6.91. The normalized spacial score (nSPS) is 16.8. The van der Waals surface area contributed by atoms with E-state index < -0.39 is 0 Å². The molecule has 0 N–H and O–H groups in total. The lowest BCUT2D eigenvalue weighted by molar-refractivity contribution is 0.174. The third-order valence-corrected chi connectivity index (χ3v) is 4.13. The number of hydrogen-bond donors (Lipinski definition) is 0. The molecule has 1 fully saturated rings. The van der Waals surface area contributed by atoms with Crippen LogP contribution < -0.4 is 4.90 Å². The molecule has 0 atom stereocenters. The third kappa shape index (κ3) is 2.90. The fraction of sp³-hybridized carbons (Fsp3) is 0.636. The second-order valence-corrected chi connectivity index (χ2v) is 5.67. The number of nitrogens with zero attached hydrogens (tertiary/aromatic N) is 2. The molecule has 1 aromatic rings. The van der Waals surface area contributed by atoms with Gasteiger partial charge in [-0.3, -0.25) is 4.90 Å². The summed E-state index contributed by atoms with van der Waals surface area (Å²) in [6.45, 7) is 0. The lowest BCUT2D eigenvalue weighted by Gasteiger charge is -2.31. The summed E-state index contributed by atoms with van der Waals surface area (Å²) >= 11 is 7.13. The van der Waals surface area contributed by atoms with E-state index in [9.17, 15) is 4.79 Å². The highest BCUT2D eigenvalue weighted by atomic mass is 35.5. The van der Waals surface area contributed by atoms with Crippen molar-refractivity contribution in [2.45, 2.75) is 38.1 Å². The number of hydrogen-bond acceptors (Lipinski definition) is 4. The minimum atomic E-state index is -0.322. The molecule has 0 aliphatic heterocycles. The number of anilines is 1. The Morgan fingerprint density at radius 2 is 2.24 bits per heavy atom. The van der Waals surface area contributed by atoms with Crippen molar-refractivity contribution in [3.05, 3.63) is 10.7 Å². The molecule has 0 radical (unpaired) electrons. The van der Waals surface area contributed by atoms with Crippen molar-refractivity contribution in [3.63, 3.8) is 0 Å². The van der Waals surface area contributed by atoms with Gasteiger partial charge in [-0.2, -0.15) is 0 Å². The Bertz CT molecular complexity index is 391. The average Bonchev–Trinajstić information content (AvgIpc) is 2.77. The molecule has 0 unspecified atom stereocenters. The Kier molecular flexibility index (Phi) is 4.23. The summed E-state index contributed by atoms with van der Waals surface area (Å²) < 4.78 is 5.30. The number of rotatable bonds is 2. The Labute approximate surface area is 110 Å². The molecule has 0 saturated heterocycles. The lowest BCUT2D eigenvalue weighted by Crippen LogP contribution is -2.41. The first-order valence-electron chi connectivity index (χ1n) is 5.71. The zero-order valence-corrected chi connectivity index (χ0v) is 11.3. The predicted molar refractivity (Wildman–Crippen MR) is 68.9 cm³/mol. The molecule has 1 saturated carbocycles. The Morgan fingerprint density at radius 3 is 2.76 bits per heavy atom. The van der Waals surface area contributed by atoms with Gasteiger partial charge in [0, 0.05) is 6.04 Å². The highest BCUT2D eigenvalue weighted by molar-refractivity contribution is 7.19. The summed E-state index contributed by atoms with van der Waals surface area (Å²) in [4.78, 5) is 17.5. The van der Waals surface area contributed by atoms with Gasteiger partial charge < -0.3 is 4.74 Å². The van der Waals surface area contributed by atoms with E-state index >= 15 is 0 Å². The molecule has 1 aliphatic carbocycles. The number of thiazole rings is 1. The summed E-state index contributed by atoms with van der Waals surface area (Å²) in [5, 5.41) is 0.772. The Hall–Kier alpha value is -0.810. The monoisotopic (exact) mass is 274 g/mol. The molecule has 6 heteroatoms. The van der Waals surface area contributed by atoms with Crippen molar-refractivity contribution in [2.24, 2.45) is 0 Å². The second kappa shape index (κ2) is 5.69. The summed E-state index contributed by atoms with van der Waals surface area (Å²) in [6, 6.07) is 0.215. The zero-order chi connectivity index (χ0) is 12.3. The highest BCUT2D eigenvalue weighted by Crippen LogP contribution is 2.33. The van der Waals surface area contributed by atoms with Gasteiger partial charge in [0.05, 0.1) is 13.3 Å². The fourth-order valence-corrected chi connectivity index (χ4v) is 3.20. The summed E-state index contributed by atoms with van der Waals surface area (Å²) in [5.74, 6) is 0. The van der Waals surface area contributed by atoms with Gasteiger partial charge in [-0.25, -0.2) is 9.78 Å². The molecule has 1 aromatic heterocycles. The third-order valence-electron chi connectivity index (χ3n) is 3.01. The first kappa shape index (κ1) is 12.6. The van der Waals surface area contributed by atoms with Crippen molar-refractivity contribution in [2.75, 3.05) is 12.0 Å². The van der Waals surface area contributed by atoms with E-state index in [1.54, 1.807) is 11.1 Å². The van der Waals surface area contributed by atoms with Crippen LogP contribution in [0.5, 0.6) is 0 Å². The zero-order valence-electron chi connectivity index (χ0n) is 9.69. The van der Waals surface area contributed by atoms with Gasteiger partial charge in [-0.1, -0.05) is 42.2 Å². The van der Waals surface area contributed by atoms with Crippen molar-refractivity contribution >= 4 is 34.0 Å².